The van der Waals surface area contributed by atoms with Gasteiger partial charge in [0.05, 0.1) is 0 Å². The summed E-state index contributed by atoms with van der Waals surface area (Å²) in [5.74, 6) is 1.49. The number of benzene rings is 2. The van der Waals surface area contributed by atoms with Crippen LogP contribution in [0, 0.1) is 0 Å². The number of ether oxygens (including phenoxy) is 2. The molecule has 0 atom stereocenters. The molecule has 1 aliphatic heterocycles. The van der Waals surface area contributed by atoms with Crippen molar-refractivity contribution in [3.8, 4) is 11.5 Å². The van der Waals surface area contributed by atoms with E-state index in [0.29, 0.717) is 25.3 Å². The summed E-state index contributed by atoms with van der Waals surface area (Å²) in [6.07, 6.45) is 0. The van der Waals surface area contributed by atoms with Gasteiger partial charge in [-0.25, -0.2) is 0 Å². The average Bonchev–Trinajstić information content (AvgIpc) is 2.54. The van der Waals surface area contributed by atoms with Gasteiger partial charge < -0.3 is 14.4 Å². The van der Waals surface area contributed by atoms with E-state index in [2.05, 4.69) is 15.9 Å². The Labute approximate surface area is 137 Å². The second kappa shape index (κ2) is 6.40. The molecule has 4 nitrogen and oxygen atoms in total. The number of carbonyl (C=O) groups excluding carboxylic acids is 1. The van der Waals surface area contributed by atoms with Crippen molar-refractivity contribution >= 4 is 21.8 Å². The van der Waals surface area contributed by atoms with Gasteiger partial charge in [0, 0.05) is 23.6 Å². The van der Waals surface area contributed by atoms with E-state index in [9.17, 15) is 4.79 Å². The molecule has 2 aromatic rings. The fourth-order valence-corrected chi connectivity index (χ4v) is 2.77. The van der Waals surface area contributed by atoms with Crippen molar-refractivity contribution in [1.82, 2.24) is 4.90 Å². The van der Waals surface area contributed by atoms with Crippen LogP contribution in [0.5, 0.6) is 11.5 Å². The number of carbonyl (C=O) groups is 1. The molecule has 22 heavy (non-hydrogen) atoms. The molecular weight excluding hydrogens is 346 g/mol. The van der Waals surface area contributed by atoms with Crippen LogP contribution in [-0.4, -0.2) is 31.1 Å². The molecule has 2 aromatic carbocycles. The predicted molar refractivity (Wildman–Crippen MR) is 87.4 cm³/mol. The topological polar surface area (TPSA) is 38.8 Å². The summed E-state index contributed by atoms with van der Waals surface area (Å²) in [5.41, 5.74) is 1.67. The number of fused-ring (bicyclic) bond motifs is 1. The molecule has 114 valence electrons. The maximum absolute atomic E-state index is 12.4. The first-order chi connectivity index (χ1) is 10.6. The van der Waals surface area contributed by atoms with Crippen molar-refractivity contribution < 1.29 is 14.3 Å². The van der Waals surface area contributed by atoms with Gasteiger partial charge in [-0.1, -0.05) is 28.1 Å². The Morgan fingerprint density at radius 2 is 1.91 bits per heavy atom. The molecule has 3 rings (SSSR count). The second-order valence-corrected chi connectivity index (χ2v) is 6.07. The lowest BCUT2D eigenvalue weighted by Crippen LogP contribution is -2.26. The van der Waals surface area contributed by atoms with Gasteiger partial charge >= 0.3 is 0 Å². The highest BCUT2D eigenvalue weighted by molar-refractivity contribution is 9.10. The fourth-order valence-electron chi connectivity index (χ4n) is 2.37. The van der Waals surface area contributed by atoms with Gasteiger partial charge in [0.2, 0.25) is 0 Å². The summed E-state index contributed by atoms with van der Waals surface area (Å²) in [6, 6.07) is 13.2. The molecule has 0 saturated carbocycles. The Hall–Kier alpha value is -2.01. The summed E-state index contributed by atoms with van der Waals surface area (Å²) >= 11 is 3.39. The fraction of sp³-hybridized carbons (Fsp3) is 0.235. The van der Waals surface area contributed by atoms with Crippen molar-refractivity contribution in [3.63, 3.8) is 0 Å². The van der Waals surface area contributed by atoms with E-state index >= 15 is 0 Å². The zero-order valence-corrected chi connectivity index (χ0v) is 13.8. The van der Waals surface area contributed by atoms with Crippen molar-refractivity contribution in [2.24, 2.45) is 0 Å². The molecule has 0 unspecified atom stereocenters. The Morgan fingerprint density at radius 3 is 2.68 bits per heavy atom. The molecule has 1 amide bonds. The van der Waals surface area contributed by atoms with Crippen LogP contribution in [0.4, 0.5) is 0 Å². The molecule has 1 aliphatic rings. The highest BCUT2D eigenvalue weighted by Gasteiger charge is 2.15. The summed E-state index contributed by atoms with van der Waals surface area (Å²) in [7, 11) is 1.79. The predicted octanol–water partition coefficient (Wildman–Crippen LogP) is 3.49. The third-order valence-electron chi connectivity index (χ3n) is 3.44. The Morgan fingerprint density at radius 1 is 1.14 bits per heavy atom. The Kier molecular flexibility index (Phi) is 4.34. The van der Waals surface area contributed by atoms with Crippen molar-refractivity contribution in [1.29, 1.82) is 0 Å². The zero-order chi connectivity index (χ0) is 15.5. The van der Waals surface area contributed by atoms with E-state index in [0.717, 1.165) is 21.5 Å². The van der Waals surface area contributed by atoms with Gasteiger partial charge in [-0.15, -0.1) is 0 Å². The summed E-state index contributed by atoms with van der Waals surface area (Å²) in [6.45, 7) is 1.65. The Bertz CT molecular complexity index is 702. The lowest BCUT2D eigenvalue weighted by atomic mass is 10.1. The van der Waals surface area contributed by atoms with Gasteiger partial charge in [-0.3, -0.25) is 4.79 Å². The molecule has 5 heteroatoms. The minimum atomic E-state index is -0.0174. The first-order valence-corrected chi connectivity index (χ1v) is 7.82. The van der Waals surface area contributed by atoms with E-state index in [-0.39, 0.29) is 5.91 Å². The zero-order valence-electron chi connectivity index (χ0n) is 12.2. The van der Waals surface area contributed by atoms with Crippen LogP contribution in [-0.2, 0) is 6.54 Å². The van der Waals surface area contributed by atoms with Gasteiger partial charge in [-0.2, -0.15) is 0 Å². The van der Waals surface area contributed by atoms with E-state index in [1.54, 1.807) is 11.9 Å². The van der Waals surface area contributed by atoms with Crippen LogP contribution >= 0.6 is 15.9 Å². The SMILES string of the molecule is CN(Cc1ccc2c(c1)OCCO2)C(=O)c1cccc(Br)c1. The first-order valence-electron chi connectivity index (χ1n) is 7.03. The third kappa shape index (κ3) is 3.25. The largest absolute Gasteiger partial charge is 0.486 e. The molecule has 0 N–H and O–H groups in total. The molecule has 0 spiro atoms. The normalized spacial score (nSPS) is 12.8. The van der Waals surface area contributed by atoms with Crippen LogP contribution in [0.15, 0.2) is 46.9 Å². The van der Waals surface area contributed by atoms with E-state index in [1.807, 2.05) is 42.5 Å². The van der Waals surface area contributed by atoms with E-state index < -0.39 is 0 Å². The van der Waals surface area contributed by atoms with Gasteiger partial charge in [0.25, 0.3) is 5.91 Å². The molecule has 0 bridgehead atoms. The molecule has 0 aliphatic carbocycles. The minimum Gasteiger partial charge on any atom is -0.486 e. The van der Waals surface area contributed by atoms with Crippen LogP contribution in [0.1, 0.15) is 15.9 Å². The number of rotatable bonds is 3. The average molecular weight is 362 g/mol. The van der Waals surface area contributed by atoms with Gasteiger partial charge in [0.1, 0.15) is 13.2 Å². The van der Waals surface area contributed by atoms with Gasteiger partial charge in [-0.05, 0) is 35.9 Å². The van der Waals surface area contributed by atoms with E-state index in [4.69, 9.17) is 9.47 Å². The molecule has 0 radical (unpaired) electrons. The highest BCUT2D eigenvalue weighted by Crippen LogP contribution is 2.31. The summed E-state index contributed by atoms with van der Waals surface area (Å²) in [4.78, 5) is 14.1. The lowest BCUT2D eigenvalue weighted by molar-refractivity contribution is 0.0784. The number of amides is 1. The number of nitrogens with zero attached hydrogens (tertiary/aromatic N) is 1. The molecule has 0 fully saturated rings. The quantitative estimate of drug-likeness (QED) is 0.839. The van der Waals surface area contributed by atoms with Crippen LogP contribution < -0.4 is 9.47 Å². The van der Waals surface area contributed by atoms with Crippen LogP contribution in [0.3, 0.4) is 0 Å². The van der Waals surface area contributed by atoms with Crippen molar-refractivity contribution in [3.05, 3.63) is 58.1 Å². The molecule has 0 saturated heterocycles. The molecule has 0 aromatic heterocycles. The van der Waals surface area contributed by atoms with Crippen molar-refractivity contribution in [2.75, 3.05) is 20.3 Å². The second-order valence-electron chi connectivity index (χ2n) is 5.15. The van der Waals surface area contributed by atoms with Crippen LogP contribution in [0.2, 0.25) is 0 Å². The standard InChI is InChI=1S/C17H16BrNO3/c1-19(17(20)13-3-2-4-14(18)10-13)11-12-5-6-15-16(9-12)22-8-7-21-15/h2-6,9-10H,7-8,11H2,1H3. The van der Waals surface area contributed by atoms with Crippen molar-refractivity contribution in [2.45, 2.75) is 6.54 Å². The maximum Gasteiger partial charge on any atom is 0.253 e. The molecule has 1 heterocycles. The summed E-state index contributed by atoms with van der Waals surface area (Å²) in [5, 5.41) is 0. The number of halogens is 1. The Balaban J connectivity index is 1.73. The number of hydrogen-bond donors (Lipinski definition) is 0. The van der Waals surface area contributed by atoms with E-state index in [1.165, 1.54) is 0 Å². The van der Waals surface area contributed by atoms with Crippen LogP contribution in [0.25, 0.3) is 0 Å². The van der Waals surface area contributed by atoms with Gasteiger partial charge in [0.15, 0.2) is 11.5 Å². The first kappa shape index (κ1) is 14.9. The monoisotopic (exact) mass is 361 g/mol. The molecular formula is C17H16BrNO3. The highest BCUT2D eigenvalue weighted by atomic mass is 79.9. The smallest absolute Gasteiger partial charge is 0.253 e. The summed E-state index contributed by atoms with van der Waals surface area (Å²) < 4.78 is 12.0. The lowest BCUT2D eigenvalue weighted by Gasteiger charge is -2.21. The number of hydrogen-bond acceptors (Lipinski definition) is 3. The third-order valence-corrected chi connectivity index (χ3v) is 3.94. The minimum absolute atomic E-state index is 0.0174. The maximum atomic E-state index is 12.4.